The van der Waals surface area contributed by atoms with Crippen molar-refractivity contribution in [3.05, 3.63) is 0 Å². The SMILES string of the molecule is CC(=O)N[C@H]1[C@H](OCCCNC(=O)C(F)(F)F)O[C@H](COC(C)=O)[C@@H](O[C@@H]2O[C@H](COC(C)=O)[C@H](OC(C)=O)[C@H](O[C@H]3O[C@H](COC(C)=O)[C@H](OC(C)=O)[C@H](OC(C)=O)[C@H]3OC(C)=O)[C@H]2OC(C)=O)[C@@H]1OC(C)=O. The highest BCUT2D eigenvalue weighted by Crippen LogP contribution is 2.38. The van der Waals surface area contributed by atoms with Gasteiger partial charge in [0.2, 0.25) is 5.91 Å². The number of hydrogen-bond acceptors (Lipinski definition) is 26. The Labute approximate surface area is 419 Å². The lowest BCUT2D eigenvalue weighted by molar-refractivity contribution is -0.376. The first-order chi connectivity index (χ1) is 34.5. The highest BCUT2D eigenvalue weighted by atomic mass is 19.4. The maximum absolute atomic E-state index is 13.1. The van der Waals surface area contributed by atoms with Gasteiger partial charge in [0, 0.05) is 75.8 Å². The van der Waals surface area contributed by atoms with E-state index in [9.17, 15) is 65.9 Å². The van der Waals surface area contributed by atoms with E-state index >= 15 is 0 Å². The van der Waals surface area contributed by atoms with Gasteiger partial charge in [-0.25, -0.2) is 0 Å². The lowest BCUT2D eigenvalue weighted by Gasteiger charge is -2.50. The third kappa shape index (κ3) is 19.5. The minimum atomic E-state index is -5.19. The van der Waals surface area contributed by atoms with Crippen LogP contribution in [0, 0.1) is 0 Å². The van der Waals surface area contributed by atoms with E-state index in [-0.39, 0.29) is 6.42 Å². The molecule has 0 bridgehead atoms. The number of hydrogen-bond donors (Lipinski definition) is 2. The zero-order chi connectivity index (χ0) is 55.8. The molecule has 3 aliphatic heterocycles. The molecule has 28 nitrogen and oxygen atoms in total. The maximum atomic E-state index is 13.1. The summed E-state index contributed by atoms with van der Waals surface area (Å²) in [6.45, 7) is 6.23. The van der Waals surface area contributed by atoms with Gasteiger partial charge in [0.05, 0.1) is 6.61 Å². The van der Waals surface area contributed by atoms with E-state index in [0.717, 1.165) is 69.2 Å². The van der Waals surface area contributed by atoms with Crippen LogP contribution in [0.1, 0.15) is 75.7 Å². The van der Waals surface area contributed by atoms with E-state index < -0.39 is 197 Å². The Morgan fingerprint density at radius 3 is 1.19 bits per heavy atom. The number of carbonyl (C=O) groups is 11. The highest BCUT2D eigenvalue weighted by Gasteiger charge is 2.60. The van der Waals surface area contributed by atoms with E-state index in [1.165, 1.54) is 0 Å². The monoisotopic (exact) mass is 1080 g/mol. The number of alkyl halides is 3. The van der Waals surface area contributed by atoms with Gasteiger partial charge in [-0.2, -0.15) is 13.2 Å². The van der Waals surface area contributed by atoms with Gasteiger partial charge in [0.15, 0.2) is 55.5 Å². The average Bonchev–Trinajstić information content (AvgIpc) is 3.25. The van der Waals surface area contributed by atoms with E-state index in [1.807, 2.05) is 0 Å². The van der Waals surface area contributed by atoms with Crippen LogP contribution >= 0.6 is 0 Å². The van der Waals surface area contributed by atoms with Crippen molar-refractivity contribution in [3.63, 3.8) is 0 Å². The molecule has 2 amide bonds. The van der Waals surface area contributed by atoms with Gasteiger partial charge in [-0.15, -0.1) is 0 Å². The van der Waals surface area contributed by atoms with E-state index in [4.69, 9.17) is 71.1 Å². The fraction of sp³-hybridized carbons (Fsp3) is 0.744. The Bertz CT molecular complexity index is 2040. The number of carbonyl (C=O) groups excluding carboxylic acids is 11. The van der Waals surface area contributed by atoms with Crippen molar-refractivity contribution in [2.24, 2.45) is 0 Å². The molecule has 74 heavy (non-hydrogen) atoms. The topological polar surface area (TPSA) is 350 Å². The largest absolute Gasteiger partial charge is 0.471 e. The fourth-order valence-electron chi connectivity index (χ4n) is 7.57. The molecular weight excluding hydrogens is 1020 g/mol. The molecular formula is C43H59F3N2O26. The molecule has 0 aliphatic carbocycles. The second kappa shape index (κ2) is 28.4. The first-order valence-electron chi connectivity index (χ1n) is 22.4. The molecule has 3 rings (SSSR count). The smallest absolute Gasteiger partial charge is 0.463 e. The van der Waals surface area contributed by atoms with Crippen LogP contribution in [-0.2, 0) is 124 Å². The summed E-state index contributed by atoms with van der Waals surface area (Å²) in [4.78, 5) is 137. The standard InChI is InChI=1S/C43H59F3N2O26/c1-17(49)48-30-34(66-23(7)55)31(27(14-61-18(2)50)70-39(30)60-13-11-12-47-42(59)43(44,45)46)73-40-38(69-26(10)58)36(33(65-22(6)54)29(71-40)16-63-20(4)52)74-41-37(68-25(9)57)35(67-24(8)56)32(64-21(5)53)28(72-41)15-62-19(3)51/h27-41H,11-16H2,1-10H3,(H,47,59)(H,48,49)/t27-,28-,29-,30-,31-,32+,33+,34-,35+,36+,37-,38-,39-,40+,41-/m1/s1. The maximum Gasteiger partial charge on any atom is 0.471 e. The zero-order valence-electron chi connectivity index (χ0n) is 41.7. The van der Waals surface area contributed by atoms with Crippen LogP contribution in [0.2, 0.25) is 0 Å². The Balaban J connectivity index is 2.31. The molecule has 0 unspecified atom stereocenters. The second-order valence-electron chi connectivity index (χ2n) is 16.4. The molecule has 3 aliphatic rings. The lowest BCUT2D eigenvalue weighted by Crippen LogP contribution is -2.70. The van der Waals surface area contributed by atoms with Gasteiger partial charge in [-0.1, -0.05) is 0 Å². The van der Waals surface area contributed by atoms with Crippen LogP contribution in [0.25, 0.3) is 0 Å². The molecule has 0 spiro atoms. The van der Waals surface area contributed by atoms with Gasteiger partial charge in [0.25, 0.3) is 0 Å². The minimum absolute atomic E-state index is 0.282. The fourth-order valence-corrected chi connectivity index (χ4v) is 7.57. The van der Waals surface area contributed by atoms with Gasteiger partial charge in [-0.3, -0.25) is 52.7 Å². The van der Waals surface area contributed by atoms with Gasteiger partial charge >= 0.3 is 65.8 Å². The van der Waals surface area contributed by atoms with E-state index in [2.05, 4.69) is 5.32 Å². The van der Waals surface area contributed by atoms with Crippen LogP contribution in [0.15, 0.2) is 0 Å². The van der Waals surface area contributed by atoms with Crippen molar-refractivity contribution >= 4 is 65.5 Å². The van der Waals surface area contributed by atoms with Gasteiger partial charge in [0.1, 0.15) is 56.4 Å². The molecule has 2 N–H and O–H groups in total. The van der Waals surface area contributed by atoms with E-state index in [1.54, 1.807) is 5.32 Å². The van der Waals surface area contributed by atoms with Crippen LogP contribution < -0.4 is 10.6 Å². The first kappa shape index (κ1) is 62.0. The molecule has 418 valence electrons. The summed E-state index contributed by atoms with van der Waals surface area (Å²) in [6, 6.07) is -1.62. The van der Waals surface area contributed by atoms with E-state index in [0.29, 0.717) is 0 Å². The number of ether oxygens (including phenoxy) is 15. The molecule has 15 atom stereocenters. The normalized spacial score (nSPS) is 29.7. The lowest BCUT2D eigenvalue weighted by atomic mass is 9.94. The van der Waals surface area contributed by atoms with Crippen LogP contribution in [0.3, 0.4) is 0 Å². The van der Waals surface area contributed by atoms with Crippen LogP contribution in [0.5, 0.6) is 0 Å². The van der Waals surface area contributed by atoms with Crippen molar-refractivity contribution in [2.45, 2.75) is 174 Å². The molecule has 0 saturated carbocycles. The number of esters is 9. The summed E-state index contributed by atoms with van der Waals surface area (Å²) in [5, 5.41) is 4.13. The highest BCUT2D eigenvalue weighted by molar-refractivity contribution is 5.81. The summed E-state index contributed by atoms with van der Waals surface area (Å²) >= 11 is 0. The molecule has 0 aromatic carbocycles. The molecule has 3 heterocycles. The van der Waals surface area contributed by atoms with Crippen molar-refractivity contribution in [1.82, 2.24) is 10.6 Å². The van der Waals surface area contributed by atoms with Crippen molar-refractivity contribution in [3.8, 4) is 0 Å². The minimum Gasteiger partial charge on any atom is -0.463 e. The van der Waals surface area contributed by atoms with Gasteiger partial charge < -0.3 is 81.7 Å². The summed E-state index contributed by atoms with van der Waals surface area (Å²) in [5.74, 6) is -12.1. The van der Waals surface area contributed by atoms with Crippen molar-refractivity contribution in [2.75, 3.05) is 33.0 Å². The second-order valence-corrected chi connectivity index (χ2v) is 16.4. The summed E-state index contributed by atoms with van der Waals surface area (Å²) in [7, 11) is 0. The Morgan fingerprint density at radius 2 is 0.784 bits per heavy atom. The molecule has 0 aromatic heterocycles. The predicted molar refractivity (Wildman–Crippen MR) is 226 cm³/mol. The molecule has 3 saturated heterocycles. The predicted octanol–water partition coefficient (Wildman–Crippen LogP) is -1.20. The molecule has 31 heteroatoms. The third-order valence-corrected chi connectivity index (χ3v) is 10.1. The molecule has 3 fully saturated rings. The van der Waals surface area contributed by atoms with Crippen molar-refractivity contribution < 1.29 is 137 Å². The number of amides is 2. The Hall–Kier alpha value is -6.28. The summed E-state index contributed by atoms with van der Waals surface area (Å²) in [6.07, 6.45) is -31.6. The first-order valence-corrected chi connectivity index (χ1v) is 22.4. The Morgan fingerprint density at radius 1 is 0.432 bits per heavy atom. The quantitative estimate of drug-likeness (QED) is 0.0730. The Kier molecular flexibility index (Phi) is 23.8. The number of halogens is 3. The summed E-state index contributed by atoms with van der Waals surface area (Å²) < 4.78 is 125. The average molecular weight is 1080 g/mol. The van der Waals surface area contributed by atoms with Gasteiger partial charge in [-0.05, 0) is 6.42 Å². The van der Waals surface area contributed by atoms with Crippen LogP contribution in [-0.4, -0.2) is 197 Å². The zero-order valence-corrected chi connectivity index (χ0v) is 41.7. The summed E-state index contributed by atoms with van der Waals surface area (Å²) in [5.41, 5.74) is 0. The molecule has 0 aromatic rings. The number of rotatable bonds is 22. The van der Waals surface area contributed by atoms with Crippen LogP contribution in [0.4, 0.5) is 13.2 Å². The molecule has 0 radical (unpaired) electrons. The number of nitrogens with one attached hydrogen (secondary N) is 2. The third-order valence-electron chi connectivity index (χ3n) is 10.1. The van der Waals surface area contributed by atoms with Crippen molar-refractivity contribution in [1.29, 1.82) is 0 Å².